The number of nitrogens with one attached hydrogen (secondary N) is 2. The van der Waals surface area contributed by atoms with Crippen molar-refractivity contribution in [2.75, 3.05) is 20.3 Å². The van der Waals surface area contributed by atoms with Crippen molar-refractivity contribution in [3.63, 3.8) is 0 Å². The van der Waals surface area contributed by atoms with Crippen LogP contribution in [0.2, 0.25) is 0 Å². The average Bonchev–Trinajstić information content (AvgIpc) is 2.72. The first-order valence-electron chi connectivity index (χ1n) is 6.67. The first-order chi connectivity index (χ1) is 9.61. The van der Waals surface area contributed by atoms with Crippen LogP contribution in [0, 0.1) is 6.92 Å². The van der Waals surface area contributed by atoms with E-state index in [9.17, 15) is 4.79 Å². The normalized spacial score (nSPS) is 10.8. The number of carbonyl (C=O) groups excluding carboxylic acids is 1. The third-order valence-corrected chi connectivity index (χ3v) is 3.39. The van der Waals surface area contributed by atoms with Crippen LogP contribution < -0.4 is 10.6 Å². The van der Waals surface area contributed by atoms with Gasteiger partial charge in [0.2, 0.25) is 0 Å². The number of hydrogen-bond donors (Lipinski definition) is 2. The summed E-state index contributed by atoms with van der Waals surface area (Å²) in [7, 11) is 3.66. The predicted molar refractivity (Wildman–Crippen MR) is 79.8 cm³/mol. The van der Waals surface area contributed by atoms with Gasteiger partial charge in [-0.15, -0.1) is 0 Å². The van der Waals surface area contributed by atoms with E-state index < -0.39 is 0 Å². The van der Waals surface area contributed by atoms with Gasteiger partial charge in [0.15, 0.2) is 0 Å². The number of ether oxygens (including phenoxy) is 1. The van der Waals surface area contributed by atoms with Crippen LogP contribution in [0.5, 0.6) is 0 Å². The molecule has 0 fully saturated rings. The molecule has 2 amide bonds. The van der Waals surface area contributed by atoms with Gasteiger partial charge in [-0.25, -0.2) is 4.79 Å². The Kier molecular flexibility index (Phi) is 4.63. The van der Waals surface area contributed by atoms with Crippen molar-refractivity contribution in [2.45, 2.75) is 13.5 Å². The van der Waals surface area contributed by atoms with E-state index in [-0.39, 0.29) is 6.03 Å². The maximum absolute atomic E-state index is 11.5. The molecule has 0 atom stereocenters. The van der Waals surface area contributed by atoms with Gasteiger partial charge in [0, 0.05) is 43.8 Å². The fourth-order valence-electron chi connectivity index (χ4n) is 2.16. The summed E-state index contributed by atoms with van der Waals surface area (Å²) < 4.78 is 7.03. The minimum atomic E-state index is -0.175. The Morgan fingerprint density at radius 2 is 2.10 bits per heavy atom. The lowest BCUT2D eigenvalue weighted by Crippen LogP contribution is -2.36. The lowest BCUT2D eigenvalue weighted by molar-refractivity contribution is 0.196. The summed E-state index contributed by atoms with van der Waals surface area (Å²) >= 11 is 0. The summed E-state index contributed by atoms with van der Waals surface area (Å²) in [5, 5.41) is 6.75. The summed E-state index contributed by atoms with van der Waals surface area (Å²) in [5.41, 5.74) is 3.52. The molecule has 5 heteroatoms. The van der Waals surface area contributed by atoms with E-state index in [4.69, 9.17) is 4.74 Å². The standard InChI is InChI=1S/C15H21N3O2/c1-11-8-13-9-12(4-5-14(13)18(11)2)10-17-15(19)16-6-7-20-3/h4-5,8-9H,6-7,10H2,1-3H3,(H2,16,17,19). The number of rotatable bonds is 5. The first kappa shape index (κ1) is 14.4. The molecule has 0 spiro atoms. The highest BCUT2D eigenvalue weighted by Crippen LogP contribution is 2.19. The quantitative estimate of drug-likeness (QED) is 0.819. The highest BCUT2D eigenvalue weighted by molar-refractivity contribution is 5.82. The lowest BCUT2D eigenvalue weighted by atomic mass is 10.1. The molecule has 1 aromatic carbocycles. The van der Waals surface area contributed by atoms with Gasteiger partial charge in [-0.2, -0.15) is 0 Å². The number of carbonyl (C=O) groups is 1. The van der Waals surface area contributed by atoms with E-state index in [2.05, 4.69) is 47.4 Å². The molecule has 5 nitrogen and oxygen atoms in total. The van der Waals surface area contributed by atoms with Crippen LogP contribution in [-0.4, -0.2) is 30.9 Å². The molecule has 0 bridgehead atoms. The minimum Gasteiger partial charge on any atom is -0.383 e. The van der Waals surface area contributed by atoms with Crippen molar-refractivity contribution in [3.05, 3.63) is 35.5 Å². The highest BCUT2D eigenvalue weighted by atomic mass is 16.5. The molecule has 0 aliphatic heterocycles. The molecule has 0 unspecified atom stereocenters. The summed E-state index contributed by atoms with van der Waals surface area (Å²) in [4.78, 5) is 11.5. The Morgan fingerprint density at radius 1 is 1.30 bits per heavy atom. The van der Waals surface area contributed by atoms with Gasteiger partial charge >= 0.3 is 6.03 Å². The molecule has 1 heterocycles. The Labute approximate surface area is 118 Å². The van der Waals surface area contributed by atoms with Crippen molar-refractivity contribution < 1.29 is 9.53 Å². The van der Waals surface area contributed by atoms with Gasteiger partial charge in [0.05, 0.1) is 6.61 Å². The molecule has 0 saturated carbocycles. The van der Waals surface area contributed by atoms with Crippen LogP contribution >= 0.6 is 0 Å². The largest absolute Gasteiger partial charge is 0.383 e. The average molecular weight is 275 g/mol. The second-order valence-corrected chi connectivity index (χ2v) is 4.84. The van der Waals surface area contributed by atoms with Crippen LogP contribution in [0.1, 0.15) is 11.3 Å². The summed E-state index contributed by atoms with van der Waals surface area (Å²) in [6.07, 6.45) is 0. The van der Waals surface area contributed by atoms with Crippen LogP contribution in [0.15, 0.2) is 24.3 Å². The highest BCUT2D eigenvalue weighted by Gasteiger charge is 2.04. The van der Waals surface area contributed by atoms with Gasteiger partial charge in [-0.05, 0) is 30.7 Å². The Balaban J connectivity index is 1.95. The van der Waals surface area contributed by atoms with E-state index in [0.717, 1.165) is 5.56 Å². The predicted octanol–water partition coefficient (Wildman–Crippen LogP) is 1.93. The number of benzene rings is 1. The molecular formula is C15H21N3O2. The van der Waals surface area contributed by atoms with E-state index >= 15 is 0 Å². The molecule has 0 saturated heterocycles. The van der Waals surface area contributed by atoms with Crippen molar-refractivity contribution >= 4 is 16.9 Å². The van der Waals surface area contributed by atoms with Crippen LogP contribution in [0.3, 0.4) is 0 Å². The van der Waals surface area contributed by atoms with E-state index in [0.29, 0.717) is 19.7 Å². The number of aryl methyl sites for hydroxylation is 2. The second-order valence-electron chi connectivity index (χ2n) is 4.84. The molecule has 1 aromatic heterocycles. The molecule has 0 radical (unpaired) electrons. The van der Waals surface area contributed by atoms with E-state index in [1.165, 1.54) is 16.6 Å². The summed E-state index contributed by atoms with van der Waals surface area (Å²) in [5.74, 6) is 0. The van der Waals surface area contributed by atoms with Crippen molar-refractivity contribution in [3.8, 4) is 0 Å². The zero-order valence-electron chi connectivity index (χ0n) is 12.2. The van der Waals surface area contributed by atoms with Gasteiger partial charge in [-0.1, -0.05) is 6.07 Å². The van der Waals surface area contributed by atoms with Crippen LogP contribution in [0.4, 0.5) is 4.79 Å². The van der Waals surface area contributed by atoms with Gasteiger partial charge in [0.1, 0.15) is 0 Å². The molecular weight excluding hydrogens is 254 g/mol. The van der Waals surface area contributed by atoms with Crippen molar-refractivity contribution in [1.82, 2.24) is 15.2 Å². The number of urea groups is 1. The Bertz CT molecular complexity index is 604. The zero-order chi connectivity index (χ0) is 14.5. The molecule has 20 heavy (non-hydrogen) atoms. The Morgan fingerprint density at radius 3 is 2.85 bits per heavy atom. The lowest BCUT2D eigenvalue weighted by Gasteiger charge is -2.07. The fraction of sp³-hybridized carbons (Fsp3) is 0.400. The third kappa shape index (κ3) is 3.30. The van der Waals surface area contributed by atoms with Gasteiger partial charge < -0.3 is 19.9 Å². The SMILES string of the molecule is COCCNC(=O)NCc1ccc2c(c1)cc(C)n2C. The zero-order valence-corrected chi connectivity index (χ0v) is 12.2. The maximum atomic E-state index is 11.5. The molecule has 0 aliphatic rings. The first-order valence-corrected chi connectivity index (χ1v) is 6.67. The van der Waals surface area contributed by atoms with Crippen molar-refractivity contribution in [2.24, 2.45) is 7.05 Å². The fourth-order valence-corrected chi connectivity index (χ4v) is 2.16. The number of methoxy groups -OCH3 is 1. The number of aromatic nitrogens is 1. The molecule has 0 aliphatic carbocycles. The Hall–Kier alpha value is -2.01. The van der Waals surface area contributed by atoms with Gasteiger partial charge in [-0.3, -0.25) is 0 Å². The van der Waals surface area contributed by atoms with Crippen molar-refractivity contribution in [1.29, 1.82) is 0 Å². The summed E-state index contributed by atoms with van der Waals surface area (Å²) in [6.45, 7) is 3.63. The van der Waals surface area contributed by atoms with E-state index in [1.807, 2.05) is 6.07 Å². The molecule has 108 valence electrons. The number of amides is 2. The number of hydrogen-bond acceptors (Lipinski definition) is 2. The number of nitrogens with zero attached hydrogens (tertiary/aromatic N) is 1. The molecule has 2 rings (SSSR count). The van der Waals surface area contributed by atoms with Crippen LogP contribution in [-0.2, 0) is 18.3 Å². The van der Waals surface area contributed by atoms with E-state index in [1.54, 1.807) is 7.11 Å². The number of fused-ring (bicyclic) bond motifs is 1. The maximum Gasteiger partial charge on any atom is 0.315 e. The third-order valence-electron chi connectivity index (χ3n) is 3.39. The monoisotopic (exact) mass is 275 g/mol. The molecule has 2 N–H and O–H groups in total. The smallest absolute Gasteiger partial charge is 0.315 e. The van der Waals surface area contributed by atoms with Crippen LogP contribution in [0.25, 0.3) is 10.9 Å². The topological polar surface area (TPSA) is 55.3 Å². The molecule has 2 aromatic rings. The summed E-state index contributed by atoms with van der Waals surface area (Å²) in [6, 6.07) is 8.21. The second kappa shape index (κ2) is 6.43. The van der Waals surface area contributed by atoms with Gasteiger partial charge in [0.25, 0.3) is 0 Å². The minimum absolute atomic E-state index is 0.175.